The third-order valence-electron chi connectivity index (χ3n) is 6.83. The van der Waals surface area contributed by atoms with Gasteiger partial charge in [-0.1, -0.05) is 42.6 Å². The molecule has 0 radical (unpaired) electrons. The van der Waals surface area contributed by atoms with E-state index in [2.05, 4.69) is 5.32 Å². The average molecular weight is 653 g/mol. The molecule has 1 heterocycles. The first-order chi connectivity index (χ1) is 20.5. The molecule has 1 aliphatic heterocycles. The van der Waals surface area contributed by atoms with Crippen LogP contribution in [0.4, 0.5) is 10.1 Å². The molecule has 0 unspecified atom stereocenters. The lowest BCUT2D eigenvalue weighted by molar-refractivity contribution is -0.139. The first-order valence-electron chi connectivity index (χ1n) is 13.7. The minimum atomic E-state index is -4.39. The van der Waals surface area contributed by atoms with Gasteiger partial charge in [-0.05, 0) is 67.4 Å². The minimum absolute atomic E-state index is 0.0548. The monoisotopic (exact) mass is 651 g/mol. The highest BCUT2D eigenvalue weighted by molar-refractivity contribution is 7.92. The zero-order chi connectivity index (χ0) is 31.1. The summed E-state index contributed by atoms with van der Waals surface area (Å²) in [5.41, 5.74) is 0.637. The molecule has 43 heavy (non-hydrogen) atoms. The Labute approximate surface area is 260 Å². The second-order valence-electron chi connectivity index (χ2n) is 9.88. The van der Waals surface area contributed by atoms with Gasteiger partial charge in [0.2, 0.25) is 11.8 Å². The number of sulfonamides is 1. The number of anilines is 1. The SMILES string of the molecule is CCCCNC(=O)[C@@H](C)N(Cc1ccc(Cl)c(Cl)c1)C(=O)CN(c1ccc(F)cc1)S(=O)(=O)c1ccc2c(c1)OCCO2. The molecule has 4 rings (SSSR count). The summed E-state index contributed by atoms with van der Waals surface area (Å²) in [6.07, 6.45) is 1.62. The van der Waals surface area contributed by atoms with E-state index >= 15 is 0 Å². The fourth-order valence-electron chi connectivity index (χ4n) is 4.40. The molecular weight excluding hydrogens is 620 g/mol. The summed E-state index contributed by atoms with van der Waals surface area (Å²) < 4.78 is 53.9. The van der Waals surface area contributed by atoms with Crippen molar-refractivity contribution in [3.05, 3.63) is 82.1 Å². The van der Waals surface area contributed by atoms with Gasteiger partial charge in [0.25, 0.3) is 10.0 Å². The molecule has 2 amide bonds. The van der Waals surface area contributed by atoms with E-state index in [9.17, 15) is 22.4 Å². The number of rotatable bonds is 12. The van der Waals surface area contributed by atoms with Crippen LogP contribution in [0.3, 0.4) is 0 Å². The predicted molar refractivity (Wildman–Crippen MR) is 163 cm³/mol. The number of benzene rings is 3. The third-order valence-corrected chi connectivity index (χ3v) is 9.34. The first kappa shape index (κ1) is 32.4. The fourth-order valence-corrected chi connectivity index (χ4v) is 6.15. The summed E-state index contributed by atoms with van der Waals surface area (Å²) in [7, 11) is -4.39. The number of halogens is 3. The standard InChI is InChI=1S/C30H32Cl2FN3O6S/c1-3-4-13-34-30(38)20(2)35(18-21-5-11-25(31)26(32)16-21)29(37)19-36(23-8-6-22(33)7-9-23)43(39,40)24-10-12-27-28(17-24)42-15-14-41-27/h5-12,16-17,20H,3-4,13-15,18-19H2,1-2H3,(H,34,38)/t20-/m1/s1. The van der Waals surface area contributed by atoms with E-state index < -0.39 is 40.2 Å². The number of ether oxygens (including phenoxy) is 2. The van der Waals surface area contributed by atoms with E-state index in [0.29, 0.717) is 29.5 Å². The number of hydrogen-bond acceptors (Lipinski definition) is 6. The Bertz CT molecular complexity index is 1570. The van der Waals surface area contributed by atoms with Crippen molar-refractivity contribution in [3.8, 4) is 11.5 Å². The molecule has 9 nitrogen and oxygen atoms in total. The van der Waals surface area contributed by atoms with Gasteiger partial charge in [0, 0.05) is 19.2 Å². The first-order valence-corrected chi connectivity index (χ1v) is 15.9. The molecule has 230 valence electrons. The van der Waals surface area contributed by atoms with E-state index in [0.717, 1.165) is 29.3 Å². The molecule has 1 atom stereocenters. The Morgan fingerprint density at radius 1 is 0.977 bits per heavy atom. The van der Waals surface area contributed by atoms with Crippen LogP contribution in [0.2, 0.25) is 10.0 Å². The summed E-state index contributed by atoms with van der Waals surface area (Å²) in [6, 6.07) is 12.7. The number of hydrogen-bond donors (Lipinski definition) is 1. The lowest BCUT2D eigenvalue weighted by atomic mass is 10.1. The molecule has 0 bridgehead atoms. The average Bonchev–Trinajstić information content (AvgIpc) is 3.00. The van der Waals surface area contributed by atoms with Gasteiger partial charge in [-0.15, -0.1) is 0 Å². The third kappa shape index (κ3) is 7.90. The zero-order valence-electron chi connectivity index (χ0n) is 23.7. The molecule has 0 saturated heterocycles. The zero-order valence-corrected chi connectivity index (χ0v) is 26.0. The van der Waals surface area contributed by atoms with Crippen LogP contribution < -0.4 is 19.1 Å². The maximum atomic E-state index is 14.0. The van der Waals surface area contributed by atoms with Crippen LogP contribution in [-0.2, 0) is 26.2 Å². The van der Waals surface area contributed by atoms with E-state index in [1.54, 1.807) is 25.1 Å². The molecule has 3 aromatic rings. The smallest absolute Gasteiger partial charge is 0.264 e. The van der Waals surface area contributed by atoms with Gasteiger partial charge in [-0.2, -0.15) is 0 Å². The molecule has 1 aliphatic rings. The number of amides is 2. The molecule has 0 spiro atoms. The second kappa shape index (κ2) is 14.3. The molecule has 0 aromatic heterocycles. The van der Waals surface area contributed by atoms with Gasteiger partial charge >= 0.3 is 0 Å². The number of unbranched alkanes of at least 4 members (excludes halogenated alkanes) is 1. The van der Waals surface area contributed by atoms with Crippen molar-refractivity contribution in [1.29, 1.82) is 0 Å². The predicted octanol–water partition coefficient (Wildman–Crippen LogP) is 5.43. The van der Waals surface area contributed by atoms with Crippen molar-refractivity contribution in [2.24, 2.45) is 0 Å². The normalized spacial score (nSPS) is 13.2. The van der Waals surface area contributed by atoms with E-state index in [-0.39, 0.29) is 34.5 Å². The summed E-state index contributed by atoms with van der Waals surface area (Å²) >= 11 is 12.3. The van der Waals surface area contributed by atoms with E-state index in [1.807, 2.05) is 6.92 Å². The van der Waals surface area contributed by atoms with Crippen LogP contribution in [0.5, 0.6) is 11.5 Å². The van der Waals surface area contributed by atoms with Crippen LogP contribution in [0, 0.1) is 5.82 Å². The molecule has 0 fully saturated rings. The van der Waals surface area contributed by atoms with Gasteiger partial charge in [-0.3, -0.25) is 13.9 Å². The Morgan fingerprint density at radius 3 is 2.35 bits per heavy atom. The fraction of sp³-hybridized carbons (Fsp3) is 0.333. The highest BCUT2D eigenvalue weighted by atomic mass is 35.5. The maximum Gasteiger partial charge on any atom is 0.264 e. The van der Waals surface area contributed by atoms with Gasteiger partial charge in [0.15, 0.2) is 11.5 Å². The molecule has 3 aromatic carbocycles. The second-order valence-corrected chi connectivity index (χ2v) is 12.6. The van der Waals surface area contributed by atoms with Gasteiger partial charge in [-0.25, -0.2) is 12.8 Å². The number of fused-ring (bicyclic) bond motifs is 1. The van der Waals surface area contributed by atoms with Crippen LogP contribution in [-0.4, -0.2) is 57.5 Å². The van der Waals surface area contributed by atoms with Crippen molar-refractivity contribution in [2.45, 2.75) is 44.2 Å². The highest BCUT2D eigenvalue weighted by Gasteiger charge is 2.33. The van der Waals surface area contributed by atoms with Crippen molar-refractivity contribution < 1.29 is 31.9 Å². The summed E-state index contributed by atoms with van der Waals surface area (Å²) in [5.74, 6) is -1.01. The Hall–Kier alpha value is -3.54. The number of nitrogens with zero attached hydrogens (tertiary/aromatic N) is 2. The molecule has 0 aliphatic carbocycles. The Balaban J connectivity index is 1.71. The van der Waals surface area contributed by atoms with Crippen molar-refractivity contribution >= 4 is 50.7 Å². The van der Waals surface area contributed by atoms with Crippen molar-refractivity contribution in [3.63, 3.8) is 0 Å². The maximum absolute atomic E-state index is 14.0. The molecule has 0 saturated carbocycles. The van der Waals surface area contributed by atoms with Gasteiger partial charge < -0.3 is 19.7 Å². The summed E-state index contributed by atoms with van der Waals surface area (Å²) in [5, 5.41) is 3.41. The lowest BCUT2D eigenvalue weighted by Gasteiger charge is -2.32. The molecule has 1 N–H and O–H groups in total. The van der Waals surface area contributed by atoms with Crippen molar-refractivity contribution in [2.75, 3.05) is 30.6 Å². The van der Waals surface area contributed by atoms with E-state index in [4.69, 9.17) is 32.7 Å². The number of carbonyl (C=O) groups excluding carboxylic acids is 2. The summed E-state index contributed by atoms with van der Waals surface area (Å²) in [6.45, 7) is 3.81. The lowest BCUT2D eigenvalue weighted by Crippen LogP contribution is -2.51. The number of carbonyl (C=O) groups is 2. The van der Waals surface area contributed by atoms with Crippen LogP contribution in [0.1, 0.15) is 32.3 Å². The van der Waals surface area contributed by atoms with Crippen molar-refractivity contribution in [1.82, 2.24) is 10.2 Å². The largest absolute Gasteiger partial charge is 0.486 e. The summed E-state index contributed by atoms with van der Waals surface area (Å²) in [4.78, 5) is 28.2. The Morgan fingerprint density at radius 2 is 1.67 bits per heavy atom. The Kier molecular flexibility index (Phi) is 10.8. The van der Waals surface area contributed by atoms with Crippen LogP contribution in [0.15, 0.2) is 65.6 Å². The minimum Gasteiger partial charge on any atom is -0.486 e. The number of nitrogens with one attached hydrogen (secondary N) is 1. The molecule has 13 heteroatoms. The quantitative estimate of drug-likeness (QED) is 0.262. The molecular formula is C30H32Cl2FN3O6S. The van der Waals surface area contributed by atoms with Gasteiger partial charge in [0.05, 0.1) is 20.6 Å². The highest BCUT2D eigenvalue weighted by Crippen LogP contribution is 2.34. The van der Waals surface area contributed by atoms with E-state index in [1.165, 1.54) is 35.2 Å². The van der Waals surface area contributed by atoms with Crippen LogP contribution in [0.25, 0.3) is 0 Å². The van der Waals surface area contributed by atoms with Gasteiger partial charge in [0.1, 0.15) is 31.6 Å². The topological polar surface area (TPSA) is 105 Å². The van der Waals surface area contributed by atoms with Crippen LogP contribution >= 0.6 is 23.2 Å².